The van der Waals surface area contributed by atoms with Crippen LogP contribution in [0.1, 0.15) is 6.42 Å². The van der Waals surface area contributed by atoms with Crippen molar-refractivity contribution in [3.63, 3.8) is 0 Å². The summed E-state index contributed by atoms with van der Waals surface area (Å²) in [7, 11) is 0. The summed E-state index contributed by atoms with van der Waals surface area (Å²) in [6, 6.07) is 0. The van der Waals surface area contributed by atoms with Gasteiger partial charge in [-0.25, -0.2) is 33.6 Å². The van der Waals surface area contributed by atoms with E-state index in [-0.39, 0.29) is 6.61 Å². The number of rotatable bonds is 17. The summed E-state index contributed by atoms with van der Waals surface area (Å²) in [5, 5.41) is 204. The van der Waals surface area contributed by atoms with Crippen molar-refractivity contribution in [2.45, 2.75) is 258 Å². The average Bonchev–Trinajstić information content (AvgIpc) is 0.952. The number of hydrogen-bond acceptors (Lipinski definition) is 41. The lowest BCUT2D eigenvalue weighted by Crippen LogP contribution is -2.68. The Morgan fingerprint density at radius 3 is 0.685 bits per heavy atom. The van der Waals surface area contributed by atoms with Crippen LogP contribution in [-0.4, -0.2) is 485 Å². The highest BCUT2D eigenvalue weighted by Crippen LogP contribution is 2.41. The van der Waals surface area contributed by atoms with E-state index >= 15 is 0 Å². The molecule has 34 atom stereocenters. The van der Waals surface area contributed by atoms with Gasteiger partial charge in [-0.15, -0.1) is 6.58 Å². The van der Waals surface area contributed by atoms with Crippen molar-refractivity contribution in [1.29, 1.82) is 5.41 Å². The van der Waals surface area contributed by atoms with Crippen LogP contribution in [0.2, 0.25) is 0 Å². The minimum absolute atomic E-state index is 0.355. The third-order valence-electron chi connectivity index (χ3n) is 18.7. The second-order valence-electron chi connectivity index (χ2n) is 29.9. The number of carboxylic acid groups (broad SMARTS) is 7. The normalized spacial score (nSPS) is 33.2. The number of hydrogen-bond donors (Lipinski definition) is 34. The molecule has 864 valence electrons. The molecule has 0 radical (unpaired) electrons. The number of ether oxygens (including phenoxy) is 15. The quantitative estimate of drug-likeness (QED) is 0.0278. The highest BCUT2D eigenvalue weighted by Gasteiger charge is 2.61. The van der Waals surface area contributed by atoms with Gasteiger partial charge in [0.2, 0.25) is 0 Å². The van der Waals surface area contributed by atoms with Gasteiger partial charge in [0.1, 0.15) is 159 Å². The van der Waals surface area contributed by atoms with E-state index in [0.29, 0.717) is 0 Å². The molecule has 0 aromatic rings. The molecule has 149 heavy (non-hydrogen) atoms. The summed E-state index contributed by atoms with van der Waals surface area (Å²) >= 11 is 0. The number of aliphatic hydroxyl groups is 12. The zero-order valence-electron chi connectivity index (χ0n) is 74.4. The maximum atomic E-state index is 12.4. The fourth-order valence-corrected chi connectivity index (χ4v) is 12.1. The van der Waals surface area contributed by atoms with Crippen molar-refractivity contribution in [3.05, 3.63) is 12.7 Å². The Morgan fingerprint density at radius 2 is 0.470 bits per heavy atom. The summed E-state index contributed by atoms with van der Waals surface area (Å²) < 4.78 is 315. The molecule has 0 aromatic heterocycles. The lowest BCUT2D eigenvalue weighted by atomic mass is 9.94. The van der Waals surface area contributed by atoms with Gasteiger partial charge >= 0.3 is 85.0 Å². The maximum absolute atomic E-state index is 12.4. The van der Waals surface area contributed by atoms with E-state index in [1.165, 1.54) is 6.08 Å². The van der Waals surface area contributed by atoms with Crippen LogP contribution in [0.4, 0.5) is 92.2 Å². The highest BCUT2D eigenvalue weighted by molar-refractivity contribution is 5.79. The van der Waals surface area contributed by atoms with Crippen LogP contribution in [0, 0.1) is 5.41 Å². The first kappa shape index (κ1) is 135. The number of guanidine groups is 7. The molecule has 0 aliphatic carbocycles. The molecule has 0 amide bonds. The van der Waals surface area contributed by atoms with E-state index in [2.05, 4.69) is 41.9 Å². The van der Waals surface area contributed by atoms with E-state index in [1.54, 1.807) is 0 Å². The van der Waals surface area contributed by atoms with Gasteiger partial charge < -0.3 is 248 Å². The maximum Gasteiger partial charge on any atom is 0.490 e. The van der Waals surface area contributed by atoms with Gasteiger partial charge in [0, 0.05) is 13.0 Å². The van der Waals surface area contributed by atoms with Crippen LogP contribution < -0.4 is 79.9 Å². The summed E-state index contributed by atoms with van der Waals surface area (Å²) in [5.41, 5.74) is 74.5. The van der Waals surface area contributed by atoms with Crippen LogP contribution in [-0.2, 0) is 105 Å². The van der Waals surface area contributed by atoms with E-state index < -0.39 is 388 Å². The summed E-state index contributed by atoms with van der Waals surface area (Å²) in [5.74, 6) is -23.0. The Balaban J connectivity index is 0.00000185. The molecule has 21 fully saturated rings. The van der Waals surface area contributed by atoms with Crippen molar-refractivity contribution in [2.24, 2.45) is 104 Å². The SMILES string of the molecule is C=CCOC1C2OC(CN=C(N)N)C(OC3OC(CNC(=N)N)C(OC4OC(CN=C(N)N)C(OC5OC(CN=C(N)N)C(OC6OC(CN=C(N)N)C(OC7OC(CN=C(N)N)C(CC7O)OC7OC(CN=C(N)N)C(O2)C(O)C7O)C(O)C6O)C(O)C5O)C(O)C4O)C(O)C3O)C1O.O=C(O)C(F)(F)F.O=C(O)C(F)(F)F.O=C(O)C(F)(F)F.O=C(O)C(F)(F)F.O=C(O)C(F)(F)F.O=C(O)C(F)(F)F.O=C(O)C(F)(F)F. The van der Waals surface area contributed by atoms with Gasteiger partial charge in [-0.05, 0) is 0 Å². The first-order valence-corrected chi connectivity index (χ1v) is 39.9. The number of carbonyl (C=O) groups is 7. The molecule has 34 unspecified atom stereocenters. The first-order chi connectivity index (χ1) is 67.9. The van der Waals surface area contributed by atoms with Gasteiger partial charge in [-0.2, -0.15) is 92.2 Å². The lowest BCUT2D eigenvalue weighted by Gasteiger charge is -2.50. The minimum atomic E-state index is -5.08. The fourth-order valence-electron chi connectivity index (χ4n) is 12.1. The fraction of sp³-hybridized carbons (Fsp3) is 0.758. The third kappa shape index (κ3) is 45.2. The van der Waals surface area contributed by atoms with E-state index in [0.717, 1.165) is 0 Å². The summed E-state index contributed by atoms with van der Waals surface area (Å²) in [6.07, 6.45) is -99.3. The Hall–Kier alpha value is -11.6. The van der Waals surface area contributed by atoms with Crippen molar-refractivity contribution >= 4 is 83.5 Å². The van der Waals surface area contributed by atoms with Crippen LogP contribution >= 0.6 is 0 Å². The zero-order valence-corrected chi connectivity index (χ0v) is 74.4. The van der Waals surface area contributed by atoms with Gasteiger partial charge in [0.15, 0.2) is 85.7 Å². The van der Waals surface area contributed by atoms with Crippen LogP contribution in [0.3, 0.4) is 0 Å². The molecule has 21 rings (SSSR count). The molecule has 0 spiro atoms. The molecule has 0 aromatic carbocycles. The number of nitrogens with two attached hydrogens (primary N) is 13. The van der Waals surface area contributed by atoms with Crippen molar-refractivity contribution < 1.29 is 294 Å². The number of alkyl halides is 21. The summed E-state index contributed by atoms with van der Waals surface area (Å²) in [6.45, 7) is -0.740. The molecule has 0 saturated carbocycles. The smallest absolute Gasteiger partial charge is 0.475 e. The van der Waals surface area contributed by atoms with Gasteiger partial charge in [0.05, 0.1) is 52.0 Å². The topological polar surface area (TPSA) is 1090 Å². The molecule has 83 heteroatoms. The van der Waals surface area contributed by atoms with Crippen LogP contribution in [0.15, 0.2) is 42.6 Å². The number of nitrogens with zero attached hydrogens (tertiary/aromatic N) is 6. The molecule has 21 aliphatic heterocycles. The molecule has 47 N–H and O–H groups in total. The average molecular weight is 2240 g/mol. The Labute approximate surface area is 814 Å². The van der Waals surface area contributed by atoms with Crippen molar-refractivity contribution in [1.82, 2.24) is 5.32 Å². The van der Waals surface area contributed by atoms with Crippen LogP contribution in [0.25, 0.3) is 0 Å². The molecular weight excluding hydrogens is 2140 g/mol. The number of aliphatic hydroxyl groups excluding tert-OH is 12. The van der Waals surface area contributed by atoms with Crippen molar-refractivity contribution in [3.8, 4) is 0 Å². The minimum Gasteiger partial charge on any atom is -0.475 e. The number of carboxylic acids is 7. The monoisotopic (exact) mass is 2240 g/mol. The van der Waals surface area contributed by atoms with Gasteiger partial charge in [0.25, 0.3) is 0 Å². The first-order valence-electron chi connectivity index (χ1n) is 39.9. The predicted octanol–water partition coefficient (Wildman–Crippen LogP) is -13.4. The van der Waals surface area contributed by atoms with Gasteiger partial charge in [-0.1, -0.05) is 6.08 Å². The summed E-state index contributed by atoms with van der Waals surface area (Å²) in [4.78, 5) is 86.3. The number of aliphatic imine (C=N–C) groups is 6. The van der Waals surface area contributed by atoms with Crippen LogP contribution in [0.5, 0.6) is 0 Å². The molecule has 21 aliphatic rings. The lowest BCUT2D eigenvalue weighted by molar-refractivity contribution is -0.392. The Bertz CT molecular complexity index is 4200. The predicted molar refractivity (Wildman–Crippen MR) is 431 cm³/mol. The second kappa shape index (κ2) is 58.7. The third-order valence-corrected chi connectivity index (χ3v) is 18.7. The zero-order chi connectivity index (χ0) is 116. The molecule has 21 saturated heterocycles. The number of nitrogens with one attached hydrogen (secondary N) is 2. The molecular formula is C66H102F21N21O41. The number of aliphatic carboxylic acids is 7. The Morgan fingerprint density at radius 1 is 0.289 bits per heavy atom. The Kier molecular flexibility index (Phi) is 53.3. The number of halogens is 21. The van der Waals surface area contributed by atoms with E-state index in [4.69, 9.17) is 220 Å². The van der Waals surface area contributed by atoms with Gasteiger partial charge in [-0.3, -0.25) is 35.4 Å². The highest BCUT2D eigenvalue weighted by atomic mass is 19.4. The van der Waals surface area contributed by atoms with E-state index in [9.17, 15) is 153 Å². The second-order valence-corrected chi connectivity index (χ2v) is 29.9. The van der Waals surface area contributed by atoms with E-state index in [1.807, 2.05) is 0 Å². The molecule has 62 nitrogen and oxygen atoms in total. The largest absolute Gasteiger partial charge is 0.490 e. The molecule has 21 heterocycles. The van der Waals surface area contributed by atoms with Crippen molar-refractivity contribution in [2.75, 3.05) is 52.4 Å². The standard InChI is InChI=1S/C52H95N21O27.7C2HF3O2/c1-2-3-86-38-31(85)37-20(11-73-52(65)66)94-45(38)100-36-19(10-72-51(63)64)89-40(26(80)21(36)75)87-13-4-12(74)39(88-14(13)5-67-46(53)54)95-32-15(6-68-47(55)56)90-41(27(81)22(32)76)96-33-16(7-69-48(57)58)91-42(28(82)23(33)77)97-34-17(8-70-49(59)60)92-43(29(83)24(34)78)98-35-18(9-71-50(61)62)93-44(99-37)30(84)25(35)79;7*3-2(4,5)1(6)7/h2,12-45,74-85H,1,3-11H2,(H4,53,54,67)(H4,55,56,68)(H4,57,58,69)(H4,59,60,70)(H4,61,62,71)(H4,63,64,72)(H4,65,66,73);7*(H,6,7). The molecule has 14 bridgehead atoms.